The highest BCUT2D eigenvalue weighted by Gasteiger charge is 2.26. The van der Waals surface area contributed by atoms with E-state index in [1.54, 1.807) is 7.11 Å². The molecule has 0 radical (unpaired) electrons. The lowest BCUT2D eigenvalue weighted by Gasteiger charge is -2.22. The molecular formula is C20H35IN4O3. The number of nitrogens with zero attached hydrogens (tertiary/aromatic N) is 1. The number of rotatable bonds is 10. The van der Waals surface area contributed by atoms with Gasteiger partial charge in [0.25, 0.3) is 0 Å². The minimum Gasteiger partial charge on any atom is -0.497 e. The number of carbonyl (C=O) groups excluding carboxylic acids is 1. The van der Waals surface area contributed by atoms with Crippen molar-refractivity contribution in [3.63, 3.8) is 0 Å². The highest BCUT2D eigenvalue weighted by molar-refractivity contribution is 14.0. The zero-order valence-corrected chi connectivity index (χ0v) is 20.1. The van der Waals surface area contributed by atoms with Gasteiger partial charge >= 0.3 is 0 Å². The third kappa shape index (κ3) is 9.48. The Morgan fingerprint density at radius 2 is 1.79 bits per heavy atom. The van der Waals surface area contributed by atoms with Crippen LogP contribution in [0.15, 0.2) is 29.3 Å². The van der Waals surface area contributed by atoms with Crippen molar-refractivity contribution in [2.24, 2.45) is 10.4 Å². The molecule has 0 aliphatic carbocycles. The van der Waals surface area contributed by atoms with Crippen molar-refractivity contribution < 1.29 is 14.3 Å². The second-order valence-corrected chi connectivity index (χ2v) is 6.93. The Labute approximate surface area is 186 Å². The molecule has 1 rings (SSSR count). The summed E-state index contributed by atoms with van der Waals surface area (Å²) in [7, 11) is 1.63. The van der Waals surface area contributed by atoms with Crippen LogP contribution in [0.5, 0.6) is 11.5 Å². The van der Waals surface area contributed by atoms with Crippen molar-refractivity contribution in [2.75, 3.05) is 33.3 Å². The first kappa shape index (κ1) is 26.3. The first-order valence-electron chi connectivity index (χ1n) is 9.43. The number of guanidine groups is 1. The molecule has 28 heavy (non-hydrogen) atoms. The van der Waals surface area contributed by atoms with Crippen LogP contribution in [0.4, 0.5) is 0 Å². The van der Waals surface area contributed by atoms with Gasteiger partial charge in [-0.1, -0.05) is 6.07 Å². The lowest BCUT2D eigenvalue weighted by molar-refractivity contribution is -0.128. The summed E-state index contributed by atoms with van der Waals surface area (Å²) in [5, 5.41) is 9.31. The fourth-order valence-corrected chi connectivity index (χ4v) is 2.28. The third-order valence-corrected chi connectivity index (χ3v) is 3.86. The summed E-state index contributed by atoms with van der Waals surface area (Å²) in [4.78, 5) is 16.7. The molecule has 0 heterocycles. The molecule has 0 aromatic heterocycles. The van der Waals surface area contributed by atoms with Gasteiger partial charge in [-0.3, -0.25) is 9.79 Å². The van der Waals surface area contributed by atoms with E-state index in [1.807, 2.05) is 58.9 Å². The van der Waals surface area contributed by atoms with Crippen molar-refractivity contribution in [1.29, 1.82) is 0 Å². The maximum Gasteiger partial charge on any atom is 0.227 e. The van der Waals surface area contributed by atoms with E-state index >= 15 is 0 Å². The second kappa shape index (κ2) is 13.5. The van der Waals surface area contributed by atoms with Gasteiger partial charge in [0.05, 0.1) is 25.6 Å². The van der Waals surface area contributed by atoms with E-state index in [0.29, 0.717) is 25.6 Å². The van der Waals surface area contributed by atoms with Gasteiger partial charge < -0.3 is 25.4 Å². The minimum atomic E-state index is -0.568. The molecular weight excluding hydrogens is 471 g/mol. The van der Waals surface area contributed by atoms with Crippen molar-refractivity contribution >= 4 is 35.8 Å². The Morgan fingerprint density at radius 3 is 2.39 bits per heavy atom. The fraction of sp³-hybridized carbons (Fsp3) is 0.600. The number of benzene rings is 1. The Bertz CT molecular complexity index is 623. The number of halogens is 1. The van der Waals surface area contributed by atoms with E-state index < -0.39 is 5.41 Å². The van der Waals surface area contributed by atoms with Crippen LogP contribution in [0, 0.1) is 5.41 Å². The van der Waals surface area contributed by atoms with Crippen LogP contribution < -0.4 is 25.4 Å². The lowest BCUT2D eigenvalue weighted by atomic mass is 9.92. The van der Waals surface area contributed by atoms with E-state index in [2.05, 4.69) is 20.9 Å². The van der Waals surface area contributed by atoms with Gasteiger partial charge in [-0.2, -0.15) is 0 Å². The number of amides is 1. The van der Waals surface area contributed by atoms with Gasteiger partial charge in [-0.15, -0.1) is 24.0 Å². The molecule has 0 saturated carbocycles. The summed E-state index contributed by atoms with van der Waals surface area (Å²) < 4.78 is 11.1. The summed E-state index contributed by atoms with van der Waals surface area (Å²) in [6.07, 6.45) is -0.0719. The Kier molecular flexibility index (Phi) is 12.6. The maximum atomic E-state index is 12.1. The Morgan fingerprint density at radius 1 is 1.14 bits per heavy atom. The average Bonchev–Trinajstić information content (AvgIpc) is 2.64. The van der Waals surface area contributed by atoms with Crippen LogP contribution in [0.2, 0.25) is 0 Å². The van der Waals surface area contributed by atoms with Crippen molar-refractivity contribution in [3.8, 4) is 11.5 Å². The molecule has 0 aliphatic heterocycles. The third-order valence-electron chi connectivity index (χ3n) is 3.86. The van der Waals surface area contributed by atoms with Gasteiger partial charge in [0.1, 0.15) is 17.6 Å². The number of hydrogen-bond donors (Lipinski definition) is 3. The molecule has 0 bridgehead atoms. The molecule has 1 aromatic carbocycles. The summed E-state index contributed by atoms with van der Waals surface area (Å²) in [5.41, 5.74) is -0.568. The molecule has 7 nitrogen and oxygen atoms in total. The highest BCUT2D eigenvalue weighted by atomic mass is 127. The standard InChI is InChI=1S/C20H34N4O3.HI/c1-7-21-18(25)20(4,5)14-24-19(22-8-2)23-13-15(3)27-17-11-9-10-16(12-17)26-6;/h9-12,15H,7-8,13-14H2,1-6H3,(H,21,25)(H2,22,23,24);1H. The molecule has 1 aromatic rings. The summed E-state index contributed by atoms with van der Waals surface area (Å²) in [6, 6.07) is 7.52. The Hall–Kier alpha value is -1.71. The van der Waals surface area contributed by atoms with Gasteiger partial charge in [0.15, 0.2) is 5.96 Å². The molecule has 0 aliphatic rings. The molecule has 160 valence electrons. The summed E-state index contributed by atoms with van der Waals surface area (Å²) in [5.74, 6) is 2.17. The first-order valence-corrected chi connectivity index (χ1v) is 9.43. The van der Waals surface area contributed by atoms with E-state index in [4.69, 9.17) is 9.47 Å². The van der Waals surface area contributed by atoms with E-state index in [0.717, 1.165) is 18.0 Å². The van der Waals surface area contributed by atoms with Crippen LogP contribution >= 0.6 is 24.0 Å². The van der Waals surface area contributed by atoms with E-state index in [1.165, 1.54) is 0 Å². The predicted octanol–water partition coefficient (Wildman–Crippen LogP) is 2.80. The molecule has 0 fully saturated rings. The van der Waals surface area contributed by atoms with Crippen LogP contribution in [0.3, 0.4) is 0 Å². The van der Waals surface area contributed by atoms with Gasteiger partial charge in [0.2, 0.25) is 5.91 Å². The van der Waals surface area contributed by atoms with Crippen molar-refractivity contribution in [1.82, 2.24) is 16.0 Å². The summed E-state index contributed by atoms with van der Waals surface area (Å²) in [6.45, 7) is 12.0. The van der Waals surface area contributed by atoms with E-state index in [-0.39, 0.29) is 36.0 Å². The van der Waals surface area contributed by atoms with Crippen LogP contribution in [-0.2, 0) is 4.79 Å². The zero-order chi connectivity index (χ0) is 20.3. The Balaban J connectivity index is 0.00000729. The van der Waals surface area contributed by atoms with Crippen LogP contribution in [-0.4, -0.2) is 51.3 Å². The van der Waals surface area contributed by atoms with Gasteiger partial charge in [0, 0.05) is 19.2 Å². The monoisotopic (exact) mass is 506 g/mol. The zero-order valence-electron chi connectivity index (χ0n) is 17.8. The fourth-order valence-electron chi connectivity index (χ4n) is 2.28. The number of nitrogens with one attached hydrogen (secondary N) is 3. The molecule has 0 saturated heterocycles. The lowest BCUT2D eigenvalue weighted by Crippen LogP contribution is -2.44. The largest absolute Gasteiger partial charge is 0.497 e. The van der Waals surface area contributed by atoms with Crippen LogP contribution in [0.25, 0.3) is 0 Å². The number of carbonyl (C=O) groups is 1. The first-order chi connectivity index (χ1) is 12.8. The second-order valence-electron chi connectivity index (χ2n) is 6.93. The normalized spacial score (nSPS) is 12.4. The van der Waals surface area contributed by atoms with Crippen LogP contribution in [0.1, 0.15) is 34.6 Å². The smallest absolute Gasteiger partial charge is 0.227 e. The molecule has 1 unspecified atom stereocenters. The number of hydrogen-bond acceptors (Lipinski definition) is 4. The van der Waals surface area contributed by atoms with Gasteiger partial charge in [-0.25, -0.2) is 0 Å². The molecule has 0 spiro atoms. The minimum absolute atomic E-state index is 0. The topological polar surface area (TPSA) is 84.0 Å². The highest BCUT2D eigenvalue weighted by Crippen LogP contribution is 2.19. The molecule has 1 amide bonds. The quantitative estimate of drug-likeness (QED) is 0.258. The van der Waals surface area contributed by atoms with Crippen molar-refractivity contribution in [2.45, 2.75) is 40.7 Å². The summed E-state index contributed by atoms with van der Waals surface area (Å²) >= 11 is 0. The molecule has 8 heteroatoms. The molecule has 3 N–H and O–H groups in total. The average molecular weight is 506 g/mol. The van der Waals surface area contributed by atoms with Gasteiger partial charge in [-0.05, 0) is 46.8 Å². The molecule has 1 atom stereocenters. The van der Waals surface area contributed by atoms with E-state index in [9.17, 15) is 4.79 Å². The number of aliphatic imine (C=N–C) groups is 1. The predicted molar refractivity (Wildman–Crippen MR) is 125 cm³/mol. The SMILES string of the molecule is CCNC(=O)C(C)(C)CN=C(NCC)NCC(C)Oc1cccc(OC)c1.I. The van der Waals surface area contributed by atoms with Crippen molar-refractivity contribution in [3.05, 3.63) is 24.3 Å². The number of methoxy groups -OCH3 is 1. The number of ether oxygens (including phenoxy) is 2. The maximum absolute atomic E-state index is 12.1.